The number of fused-ring (bicyclic) bond motifs is 1. The number of benzene rings is 1. The second kappa shape index (κ2) is 7.58. The molecule has 0 radical (unpaired) electrons. The smallest absolute Gasteiger partial charge is 0.254 e. The van der Waals surface area contributed by atoms with Gasteiger partial charge in [0.2, 0.25) is 5.91 Å². The summed E-state index contributed by atoms with van der Waals surface area (Å²) in [5, 5.41) is 7.43. The van der Waals surface area contributed by atoms with E-state index in [1.54, 1.807) is 4.52 Å². The van der Waals surface area contributed by atoms with Crippen molar-refractivity contribution in [2.24, 2.45) is 5.92 Å². The average molecular weight is 378 g/mol. The number of nitrogens with zero attached hydrogens (tertiary/aromatic N) is 5. The second-order valence-electron chi connectivity index (χ2n) is 7.58. The highest BCUT2D eigenvalue weighted by Crippen LogP contribution is 2.27. The van der Waals surface area contributed by atoms with Crippen molar-refractivity contribution in [3.8, 4) is 0 Å². The first-order valence-corrected chi connectivity index (χ1v) is 9.78. The molecular formula is C21H26N6O. The summed E-state index contributed by atoms with van der Waals surface area (Å²) in [5.74, 6) is 1.86. The lowest BCUT2D eigenvalue weighted by Gasteiger charge is -2.33. The van der Waals surface area contributed by atoms with Gasteiger partial charge < -0.3 is 10.2 Å². The van der Waals surface area contributed by atoms with E-state index in [1.165, 1.54) is 11.9 Å². The maximum Gasteiger partial charge on any atom is 0.254 e. The zero-order chi connectivity index (χ0) is 19.7. The zero-order valence-electron chi connectivity index (χ0n) is 16.6. The molecule has 0 unspecified atom stereocenters. The molecule has 1 aliphatic heterocycles. The van der Waals surface area contributed by atoms with Crippen LogP contribution in [0, 0.1) is 26.7 Å². The minimum Gasteiger partial charge on any atom is -0.356 e. The van der Waals surface area contributed by atoms with Gasteiger partial charge in [-0.1, -0.05) is 29.8 Å². The SMILES string of the molecule is Cc1ccc(CNC(=O)C2CCN(c3c(C)c(C)nc4ncnn34)CC2)cc1. The van der Waals surface area contributed by atoms with Gasteiger partial charge in [-0.2, -0.15) is 14.6 Å². The van der Waals surface area contributed by atoms with E-state index >= 15 is 0 Å². The predicted molar refractivity (Wildman–Crippen MR) is 108 cm³/mol. The summed E-state index contributed by atoms with van der Waals surface area (Å²) in [6, 6.07) is 8.28. The van der Waals surface area contributed by atoms with Crippen molar-refractivity contribution in [3.05, 3.63) is 53.0 Å². The minimum absolute atomic E-state index is 0.0520. The number of aryl methyl sites for hydroxylation is 2. The number of carbonyl (C=O) groups excluding carboxylic acids is 1. The number of amides is 1. The van der Waals surface area contributed by atoms with Crippen LogP contribution < -0.4 is 10.2 Å². The van der Waals surface area contributed by atoms with Gasteiger partial charge >= 0.3 is 0 Å². The van der Waals surface area contributed by atoms with Gasteiger partial charge in [-0.25, -0.2) is 4.98 Å². The molecule has 1 aromatic carbocycles. The molecule has 0 bridgehead atoms. The lowest BCUT2D eigenvalue weighted by atomic mass is 9.95. The lowest BCUT2D eigenvalue weighted by Crippen LogP contribution is -2.41. The van der Waals surface area contributed by atoms with E-state index < -0.39 is 0 Å². The number of rotatable bonds is 4. The highest BCUT2D eigenvalue weighted by atomic mass is 16.1. The Morgan fingerprint density at radius 2 is 1.86 bits per heavy atom. The lowest BCUT2D eigenvalue weighted by molar-refractivity contribution is -0.125. The average Bonchev–Trinajstić information content (AvgIpc) is 3.16. The number of hydrogen-bond donors (Lipinski definition) is 1. The molecule has 4 rings (SSSR count). The number of nitrogens with one attached hydrogen (secondary N) is 1. The fraction of sp³-hybridized carbons (Fsp3) is 0.429. The molecular weight excluding hydrogens is 352 g/mol. The molecule has 0 aliphatic carbocycles. The molecule has 1 aliphatic rings. The molecule has 1 amide bonds. The van der Waals surface area contributed by atoms with Crippen molar-refractivity contribution in [1.82, 2.24) is 24.9 Å². The van der Waals surface area contributed by atoms with Crippen LogP contribution in [0.1, 0.15) is 35.2 Å². The third-order valence-corrected chi connectivity index (χ3v) is 5.63. The first kappa shape index (κ1) is 18.4. The maximum atomic E-state index is 12.6. The summed E-state index contributed by atoms with van der Waals surface area (Å²) in [6.07, 6.45) is 3.20. The van der Waals surface area contributed by atoms with E-state index in [2.05, 4.69) is 63.4 Å². The number of aromatic nitrogens is 4. The van der Waals surface area contributed by atoms with Gasteiger partial charge in [-0.05, 0) is 39.2 Å². The summed E-state index contributed by atoms with van der Waals surface area (Å²) >= 11 is 0. The Kier molecular flexibility index (Phi) is 4.98. The van der Waals surface area contributed by atoms with Gasteiger partial charge in [0.05, 0.1) is 0 Å². The van der Waals surface area contributed by atoms with Gasteiger partial charge in [0.1, 0.15) is 12.1 Å². The molecule has 0 atom stereocenters. The van der Waals surface area contributed by atoms with E-state index in [0.717, 1.165) is 48.6 Å². The van der Waals surface area contributed by atoms with E-state index in [0.29, 0.717) is 12.3 Å². The molecule has 28 heavy (non-hydrogen) atoms. The predicted octanol–water partition coefficient (Wildman–Crippen LogP) is 2.58. The third kappa shape index (κ3) is 3.56. The Morgan fingerprint density at radius 3 is 2.57 bits per heavy atom. The van der Waals surface area contributed by atoms with E-state index in [9.17, 15) is 4.79 Å². The third-order valence-electron chi connectivity index (χ3n) is 5.63. The largest absolute Gasteiger partial charge is 0.356 e. The van der Waals surface area contributed by atoms with Crippen LogP contribution in [0.5, 0.6) is 0 Å². The van der Waals surface area contributed by atoms with Crippen LogP contribution in [0.2, 0.25) is 0 Å². The van der Waals surface area contributed by atoms with Crippen molar-refractivity contribution >= 4 is 17.5 Å². The van der Waals surface area contributed by atoms with E-state index in [1.807, 2.05) is 6.92 Å². The first-order valence-electron chi connectivity index (χ1n) is 9.78. The van der Waals surface area contributed by atoms with Crippen LogP contribution in [0.15, 0.2) is 30.6 Å². The van der Waals surface area contributed by atoms with Crippen LogP contribution in [-0.4, -0.2) is 38.6 Å². The fourth-order valence-corrected chi connectivity index (χ4v) is 3.78. The van der Waals surface area contributed by atoms with Crippen LogP contribution >= 0.6 is 0 Å². The number of piperidine rings is 1. The van der Waals surface area contributed by atoms with Crippen LogP contribution in [0.25, 0.3) is 5.78 Å². The Morgan fingerprint density at radius 1 is 1.14 bits per heavy atom. The highest BCUT2D eigenvalue weighted by Gasteiger charge is 2.27. The number of anilines is 1. The normalized spacial score (nSPS) is 15.2. The van der Waals surface area contributed by atoms with E-state index in [-0.39, 0.29) is 11.8 Å². The zero-order valence-corrected chi connectivity index (χ0v) is 16.6. The van der Waals surface area contributed by atoms with Gasteiger partial charge in [-0.3, -0.25) is 4.79 Å². The van der Waals surface area contributed by atoms with Crippen molar-refractivity contribution < 1.29 is 4.79 Å². The first-order chi connectivity index (χ1) is 13.5. The molecule has 1 saturated heterocycles. The van der Waals surface area contributed by atoms with Gasteiger partial charge in [0.15, 0.2) is 0 Å². The van der Waals surface area contributed by atoms with Crippen LogP contribution in [0.4, 0.5) is 5.82 Å². The van der Waals surface area contributed by atoms with Crippen LogP contribution in [0.3, 0.4) is 0 Å². The Bertz CT molecular complexity index is 986. The van der Waals surface area contributed by atoms with Gasteiger partial charge in [0, 0.05) is 36.8 Å². The van der Waals surface area contributed by atoms with Crippen LogP contribution in [-0.2, 0) is 11.3 Å². The van der Waals surface area contributed by atoms with Crippen molar-refractivity contribution in [3.63, 3.8) is 0 Å². The topological polar surface area (TPSA) is 75.4 Å². The molecule has 3 aromatic rings. The summed E-state index contributed by atoms with van der Waals surface area (Å²) in [5.41, 5.74) is 4.44. The number of hydrogen-bond acceptors (Lipinski definition) is 5. The number of carbonyl (C=O) groups is 1. The standard InChI is InChI=1S/C21H26N6O/c1-14-4-6-17(7-5-14)12-22-19(28)18-8-10-26(11-9-18)20-15(2)16(3)25-21-23-13-24-27(20)21/h4-7,13,18H,8-12H2,1-3H3,(H,22,28). The molecule has 7 heteroatoms. The second-order valence-corrected chi connectivity index (χ2v) is 7.58. The molecule has 1 N–H and O–H groups in total. The molecule has 2 aromatic heterocycles. The quantitative estimate of drug-likeness (QED) is 0.755. The molecule has 7 nitrogen and oxygen atoms in total. The van der Waals surface area contributed by atoms with E-state index in [4.69, 9.17) is 0 Å². The maximum absolute atomic E-state index is 12.6. The van der Waals surface area contributed by atoms with Crippen molar-refractivity contribution in [2.45, 2.75) is 40.2 Å². The Hall–Kier alpha value is -2.96. The molecule has 146 valence electrons. The Labute approximate surface area is 164 Å². The fourth-order valence-electron chi connectivity index (χ4n) is 3.78. The van der Waals surface area contributed by atoms with Crippen molar-refractivity contribution in [1.29, 1.82) is 0 Å². The van der Waals surface area contributed by atoms with Gasteiger partial charge in [0.25, 0.3) is 5.78 Å². The molecule has 3 heterocycles. The summed E-state index contributed by atoms with van der Waals surface area (Å²) in [7, 11) is 0. The summed E-state index contributed by atoms with van der Waals surface area (Å²) in [6.45, 7) is 8.36. The molecule has 1 fully saturated rings. The Balaban J connectivity index is 1.39. The van der Waals surface area contributed by atoms with Gasteiger partial charge in [-0.15, -0.1) is 0 Å². The summed E-state index contributed by atoms with van der Waals surface area (Å²) in [4.78, 5) is 23.6. The molecule has 0 saturated carbocycles. The molecule has 0 spiro atoms. The van der Waals surface area contributed by atoms with Crippen molar-refractivity contribution in [2.75, 3.05) is 18.0 Å². The monoisotopic (exact) mass is 378 g/mol. The minimum atomic E-state index is 0.0520. The summed E-state index contributed by atoms with van der Waals surface area (Å²) < 4.78 is 1.81. The highest BCUT2D eigenvalue weighted by molar-refractivity contribution is 5.79.